The topological polar surface area (TPSA) is 100 Å². The third-order valence-corrected chi connectivity index (χ3v) is 6.76. The first kappa shape index (κ1) is 23.9. The van der Waals surface area contributed by atoms with Crippen molar-refractivity contribution >= 4 is 17.0 Å². The number of hydrogen-bond acceptors (Lipinski definition) is 6. The number of fused-ring (bicyclic) bond motifs is 2. The lowest BCUT2D eigenvalue weighted by atomic mass is 9.86. The number of aromatic hydroxyl groups is 1. The average molecular weight is 485 g/mol. The highest BCUT2D eigenvalue weighted by Crippen LogP contribution is 2.43. The van der Waals surface area contributed by atoms with Crippen LogP contribution in [0.4, 0.5) is 0 Å². The minimum absolute atomic E-state index is 0.00721. The van der Waals surface area contributed by atoms with Gasteiger partial charge in [-0.05, 0) is 18.1 Å². The van der Waals surface area contributed by atoms with Crippen LogP contribution in [-0.4, -0.2) is 27.0 Å². The molecule has 0 fully saturated rings. The first-order chi connectivity index (χ1) is 17.3. The zero-order valence-corrected chi connectivity index (χ0v) is 19.9. The van der Waals surface area contributed by atoms with Crippen LogP contribution in [0.25, 0.3) is 17.0 Å². The van der Waals surface area contributed by atoms with Crippen LogP contribution in [-0.2, 0) is 12.8 Å². The summed E-state index contributed by atoms with van der Waals surface area (Å²) in [5, 5.41) is 32.5. The maximum atomic E-state index is 12.9. The average Bonchev–Trinajstić information content (AvgIpc) is 2.86. The largest absolute Gasteiger partial charge is 0.507 e. The third-order valence-electron chi connectivity index (χ3n) is 6.76. The zero-order valence-electron chi connectivity index (χ0n) is 19.9. The number of hydrogen-bond donors (Lipinski definition) is 3. The van der Waals surface area contributed by atoms with Gasteiger partial charge in [0.25, 0.3) is 0 Å². The molecule has 3 atom stereocenters. The molecular weight excluding hydrogens is 456 g/mol. The zero-order chi connectivity index (χ0) is 25.3. The molecule has 3 aromatic carbocycles. The van der Waals surface area contributed by atoms with E-state index in [4.69, 9.17) is 9.15 Å². The summed E-state index contributed by atoms with van der Waals surface area (Å²) in [5.74, 6) is 0.195. The summed E-state index contributed by atoms with van der Waals surface area (Å²) in [6.07, 6.45) is 2.83. The van der Waals surface area contributed by atoms with Crippen molar-refractivity contribution in [2.45, 2.75) is 44.0 Å². The lowest BCUT2D eigenvalue weighted by Gasteiger charge is -2.39. The number of ether oxygens (including phenoxy) is 1. The van der Waals surface area contributed by atoms with Crippen LogP contribution in [0, 0.1) is 0 Å². The van der Waals surface area contributed by atoms with Crippen molar-refractivity contribution < 1.29 is 24.5 Å². The molecule has 0 spiro atoms. The van der Waals surface area contributed by atoms with E-state index in [0.717, 1.165) is 11.1 Å². The molecule has 36 heavy (non-hydrogen) atoms. The summed E-state index contributed by atoms with van der Waals surface area (Å²) in [6, 6.07) is 22.0. The number of phenolic OH excluding ortho intramolecular Hbond substituents is 1. The Morgan fingerprint density at radius 1 is 1.08 bits per heavy atom. The van der Waals surface area contributed by atoms with E-state index in [1.54, 1.807) is 6.07 Å². The van der Waals surface area contributed by atoms with E-state index >= 15 is 0 Å². The van der Waals surface area contributed by atoms with E-state index in [1.165, 1.54) is 6.07 Å². The molecule has 1 aromatic heterocycles. The van der Waals surface area contributed by atoms with Crippen molar-refractivity contribution in [3.8, 4) is 11.5 Å². The monoisotopic (exact) mass is 484 g/mol. The molecule has 0 radical (unpaired) electrons. The molecule has 184 valence electrons. The highest BCUT2D eigenvalue weighted by atomic mass is 16.5. The first-order valence-corrected chi connectivity index (χ1v) is 12.0. The highest BCUT2D eigenvalue weighted by Gasteiger charge is 2.41. The van der Waals surface area contributed by atoms with E-state index in [-0.39, 0.29) is 35.3 Å². The van der Waals surface area contributed by atoms with Crippen molar-refractivity contribution in [1.29, 1.82) is 0 Å². The summed E-state index contributed by atoms with van der Waals surface area (Å²) < 4.78 is 12.1. The van der Waals surface area contributed by atoms with Gasteiger partial charge in [0, 0.05) is 37.0 Å². The van der Waals surface area contributed by atoms with Crippen LogP contribution in [0.15, 0.2) is 88.1 Å². The number of benzene rings is 3. The molecule has 6 heteroatoms. The van der Waals surface area contributed by atoms with Gasteiger partial charge in [-0.15, -0.1) is 0 Å². The van der Waals surface area contributed by atoms with Crippen LogP contribution in [0.3, 0.4) is 0 Å². The summed E-state index contributed by atoms with van der Waals surface area (Å²) in [7, 11) is 0. The second kappa shape index (κ2) is 9.64. The maximum Gasteiger partial charge on any atom is 0.196 e. The van der Waals surface area contributed by atoms with Gasteiger partial charge in [-0.3, -0.25) is 4.79 Å². The lowest BCUT2D eigenvalue weighted by Crippen LogP contribution is -2.48. The predicted octanol–water partition coefficient (Wildman–Crippen LogP) is 4.93. The van der Waals surface area contributed by atoms with Crippen molar-refractivity contribution in [2.24, 2.45) is 0 Å². The van der Waals surface area contributed by atoms with Gasteiger partial charge in [0.1, 0.15) is 39.9 Å². The predicted molar refractivity (Wildman–Crippen MR) is 138 cm³/mol. The Hall–Kier alpha value is -3.87. The van der Waals surface area contributed by atoms with Gasteiger partial charge >= 0.3 is 0 Å². The molecule has 0 unspecified atom stereocenters. The summed E-state index contributed by atoms with van der Waals surface area (Å²) in [4.78, 5) is 12.9. The fourth-order valence-electron chi connectivity index (χ4n) is 4.63. The molecular formula is C30H28O6. The molecule has 0 bridgehead atoms. The standard InChI is InChI=1S/C30H28O6/c1-30(14-8-13-19-9-4-2-5-10-19)27(33)16-21-24(36-30)18-26-28(29(21)34)23(32)17-25(35-26)22(31)15-20-11-6-3-7-12-20/h2-13,17-18,22,27,31,33-34H,14-16H2,1H3/t22-,27-,30-/m1/s1. The van der Waals surface area contributed by atoms with Gasteiger partial charge in [-0.1, -0.05) is 72.8 Å². The first-order valence-electron chi connectivity index (χ1n) is 12.0. The van der Waals surface area contributed by atoms with Crippen LogP contribution < -0.4 is 10.2 Å². The van der Waals surface area contributed by atoms with E-state index in [1.807, 2.05) is 79.7 Å². The molecule has 2 heterocycles. The molecule has 0 aliphatic carbocycles. The molecule has 1 aliphatic heterocycles. The van der Waals surface area contributed by atoms with Gasteiger partial charge in [0.05, 0.1) is 6.10 Å². The quantitative estimate of drug-likeness (QED) is 0.359. The molecule has 1 aliphatic rings. The van der Waals surface area contributed by atoms with Crippen LogP contribution >= 0.6 is 0 Å². The second-order valence-electron chi connectivity index (χ2n) is 9.45. The van der Waals surface area contributed by atoms with Gasteiger partial charge in [-0.2, -0.15) is 0 Å². The molecule has 5 rings (SSSR count). The third kappa shape index (κ3) is 4.65. The summed E-state index contributed by atoms with van der Waals surface area (Å²) in [6.45, 7) is 1.81. The Balaban J connectivity index is 1.46. The maximum absolute atomic E-state index is 12.9. The van der Waals surface area contributed by atoms with E-state index in [9.17, 15) is 20.1 Å². The Kier molecular flexibility index (Phi) is 6.39. The molecule has 6 nitrogen and oxygen atoms in total. The number of phenols is 1. The fraction of sp³-hybridized carbons (Fsp3) is 0.233. The van der Waals surface area contributed by atoms with Gasteiger partial charge < -0.3 is 24.5 Å². The van der Waals surface area contributed by atoms with Crippen LogP contribution in [0.1, 0.15) is 41.9 Å². The van der Waals surface area contributed by atoms with Crippen molar-refractivity contribution in [2.75, 3.05) is 0 Å². The number of rotatable bonds is 6. The fourth-order valence-corrected chi connectivity index (χ4v) is 4.63. The minimum atomic E-state index is -1.03. The SMILES string of the molecule is C[C@]1(CC=Cc2ccccc2)Oc2cc3oc([C@H](O)Cc4ccccc4)cc(=O)c3c(O)c2C[C@H]1O. The molecule has 0 amide bonds. The van der Waals surface area contributed by atoms with Crippen LogP contribution in [0.2, 0.25) is 0 Å². The molecule has 0 saturated heterocycles. The molecule has 4 aromatic rings. The Morgan fingerprint density at radius 3 is 2.50 bits per heavy atom. The summed E-state index contributed by atoms with van der Waals surface area (Å²) in [5.41, 5.74) is 1.02. The Morgan fingerprint density at radius 2 is 1.78 bits per heavy atom. The smallest absolute Gasteiger partial charge is 0.196 e. The van der Waals surface area contributed by atoms with Gasteiger partial charge in [0.2, 0.25) is 0 Å². The normalized spacial score (nSPS) is 20.2. The van der Waals surface area contributed by atoms with Crippen molar-refractivity contribution in [3.05, 3.63) is 112 Å². The number of aliphatic hydroxyl groups is 2. The van der Waals surface area contributed by atoms with E-state index in [2.05, 4.69) is 0 Å². The Bertz CT molecular complexity index is 1460. The van der Waals surface area contributed by atoms with E-state index < -0.39 is 23.2 Å². The second-order valence-corrected chi connectivity index (χ2v) is 9.45. The Labute approximate surface area is 208 Å². The molecule has 0 saturated carbocycles. The molecule has 3 N–H and O–H groups in total. The summed E-state index contributed by atoms with van der Waals surface area (Å²) >= 11 is 0. The highest BCUT2D eigenvalue weighted by molar-refractivity contribution is 5.87. The van der Waals surface area contributed by atoms with Crippen molar-refractivity contribution in [3.63, 3.8) is 0 Å². The minimum Gasteiger partial charge on any atom is -0.507 e. The van der Waals surface area contributed by atoms with Gasteiger partial charge in [-0.25, -0.2) is 0 Å². The lowest BCUT2D eigenvalue weighted by molar-refractivity contribution is -0.0523. The van der Waals surface area contributed by atoms with E-state index in [0.29, 0.717) is 17.7 Å². The number of aliphatic hydroxyl groups excluding tert-OH is 2. The van der Waals surface area contributed by atoms with Crippen molar-refractivity contribution in [1.82, 2.24) is 0 Å². The van der Waals surface area contributed by atoms with Gasteiger partial charge in [0.15, 0.2) is 5.43 Å². The van der Waals surface area contributed by atoms with Crippen LogP contribution in [0.5, 0.6) is 11.5 Å².